The second kappa shape index (κ2) is 30.9. The van der Waals surface area contributed by atoms with Gasteiger partial charge >= 0.3 is 12.0 Å². The Kier molecular flexibility index (Phi) is 22.5. The molecule has 0 aliphatic rings. The number of hydrogen-bond donors (Lipinski definition) is 4. The zero-order valence-electron chi connectivity index (χ0n) is 43.7. The lowest BCUT2D eigenvalue weighted by atomic mass is 10.1. The van der Waals surface area contributed by atoms with Crippen molar-refractivity contribution < 1.29 is 28.9 Å². The summed E-state index contributed by atoms with van der Waals surface area (Å²) in [6.07, 6.45) is 20.9. The summed E-state index contributed by atoms with van der Waals surface area (Å²) in [6.45, 7) is 4.09. The Labute approximate surface area is 495 Å². The summed E-state index contributed by atoms with van der Waals surface area (Å²) in [4.78, 5) is 65.8. The fraction of sp³-hybridized carbons (Fsp3) is 0.0339. The van der Waals surface area contributed by atoms with Crippen LogP contribution in [0.25, 0.3) is 33.4 Å². The summed E-state index contributed by atoms with van der Waals surface area (Å²) >= 11 is 23.9. The second-order valence-corrected chi connectivity index (χ2v) is 18.2. The maximum Gasteiger partial charge on any atom is 0.321 e. The van der Waals surface area contributed by atoms with Gasteiger partial charge in [0.2, 0.25) is 5.28 Å². The Morgan fingerprint density at radius 3 is 1.40 bits per heavy atom. The molecule has 1 amide bonds. The second-order valence-electron chi connectivity index (χ2n) is 16.6. The molecule has 0 unspecified atom stereocenters. The smallest absolute Gasteiger partial charge is 0.321 e. The van der Waals surface area contributed by atoms with Crippen LogP contribution in [0.2, 0.25) is 20.4 Å². The number of carbonyl (C=O) groups is 2. The van der Waals surface area contributed by atoms with Crippen molar-refractivity contribution in [1.29, 1.82) is 0 Å². The van der Waals surface area contributed by atoms with Gasteiger partial charge in [-0.3, -0.25) is 19.6 Å². The minimum absolute atomic E-state index is 0.172. The monoisotopic (exact) mass is 1190 g/mol. The third-order valence-corrected chi connectivity index (χ3v) is 12.0. The van der Waals surface area contributed by atoms with Crippen molar-refractivity contribution in [3.63, 3.8) is 0 Å². The van der Waals surface area contributed by atoms with Gasteiger partial charge in [-0.2, -0.15) is 0 Å². The van der Waals surface area contributed by atoms with Gasteiger partial charge in [0.1, 0.15) is 34.7 Å². The molecule has 0 atom stereocenters. The molecule has 8 aromatic heterocycles. The molecule has 416 valence electrons. The largest absolute Gasteiger partial charge is 0.508 e. The molecule has 0 saturated heterocycles. The molecule has 6 N–H and O–H groups in total. The van der Waals surface area contributed by atoms with E-state index in [-0.39, 0.29) is 23.7 Å². The highest BCUT2D eigenvalue weighted by Gasteiger charge is 2.13. The van der Waals surface area contributed by atoms with Crippen molar-refractivity contribution in [3.8, 4) is 68.4 Å². The number of hydrogen-bond acceptors (Lipinski definition) is 19. The van der Waals surface area contributed by atoms with E-state index in [4.69, 9.17) is 67.3 Å². The predicted molar refractivity (Wildman–Crippen MR) is 318 cm³/mol. The van der Waals surface area contributed by atoms with E-state index in [1.54, 1.807) is 159 Å². The fourth-order valence-corrected chi connectivity index (χ4v) is 7.54. The number of anilines is 3. The summed E-state index contributed by atoms with van der Waals surface area (Å²) < 4.78 is 15.9. The van der Waals surface area contributed by atoms with Crippen LogP contribution in [-0.2, 0) is 4.79 Å². The van der Waals surface area contributed by atoms with Crippen LogP contribution in [0.5, 0.6) is 35.0 Å². The topological polar surface area (TPSA) is 288 Å². The normalized spacial score (nSPS) is 10.0. The Morgan fingerprint density at radius 1 is 0.506 bits per heavy atom. The third-order valence-electron chi connectivity index (χ3n) is 10.8. The first-order valence-corrected chi connectivity index (χ1v) is 25.8. The zero-order chi connectivity index (χ0) is 58.9. The molecular formula is C59H46Cl4N14O6. The number of carbonyl (C=O) groups excluding carboxylic acids is 2. The highest BCUT2D eigenvalue weighted by molar-refractivity contribution is 6.34. The minimum atomic E-state index is -0.267. The zero-order valence-corrected chi connectivity index (χ0v) is 46.7. The van der Waals surface area contributed by atoms with E-state index in [9.17, 15) is 14.7 Å². The van der Waals surface area contributed by atoms with E-state index in [2.05, 4.69) is 64.9 Å². The minimum Gasteiger partial charge on any atom is -0.508 e. The number of nitrogens with two attached hydrogens (primary N) is 2. The number of aromatic nitrogens is 11. The van der Waals surface area contributed by atoms with Crippen LogP contribution in [0.1, 0.15) is 21.5 Å². The third kappa shape index (κ3) is 18.9. The first-order chi connectivity index (χ1) is 40.2. The van der Waals surface area contributed by atoms with Crippen molar-refractivity contribution in [2.24, 2.45) is 0 Å². The molecule has 0 aliphatic heterocycles. The van der Waals surface area contributed by atoms with Crippen LogP contribution in [-0.4, -0.2) is 72.3 Å². The van der Waals surface area contributed by atoms with Crippen molar-refractivity contribution in [2.75, 3.05) is 16.8 Å². The molecule has 3 aromatic carbocycles. The average Bonchev–Trinajstić information content (AvgIpc) is 3.56. The van der Waals surface area contributed by atoms with Crippen molar-refractivity contribution >= 4 is 76.2 Å². The molecule has 0 bridgehead atoms. The van der Waals surface area contributed by atoms with Crippen molar-refractivity contribution in [1.82, 2.24) is 54.8 Å². The van der Waals surface area contributed by atoms with Crippen LogP contribution in [0.4, 0.5) is 17.5 Å². The van der Waals surface area contributed by atoms with Gasteiger partial charge in [0.05, 0.1) is 11.8 Å². The van der Waals surface area contributed by atoms with Gasteiger partial charge in [0.15, 0.2) is 5.75 Å². The number of amides is 1. The Hall–Kier alpha value is -10.3. The van der Waals surface area contributed by atoms with Gasteiger partial charge < -0.3 is 36.1 Å². The van der Waals surface area contributed by atoms with Crippen LogP contribution in [0, 0.1) is 13.8 Å². The van der Waals surface area contributed by atoms with E-state index in [0.29, 0.717) is 67.1 Å². The van der Waals surface area contributed by atoms with E-state index >= 15 is 0 Å². The molecule has 0 saturated carbocycles. The number of aromatic hydroxyl groups is 1. The number of phenols is 1. The molecule has 0 spiro atoms. The Balaban J connectivity index is 0.000000162. The summed E-state index contributed by atoms with van der Waals surface area (Å²) in [5.41, 5.74) is 18.0. The SMILES string of the molecule is Cc1ccncc1C(=O)Nc1ccc(-c2cc(Oc3ncccn3)ccc2Cl)cn1.Cc1ccncc1OC=O.Clc1ncccn1.Nc1ccc(-c2cc(O)ccc2Cl)cn1.Nc1ccc(-c2cc(Oc3ncccn3)ccc2Cl)cn1. The molecule has 83 heavy (non-hydrogen) atoms. The van der Waals surface area contributed by atoms with Crippen LogP contribution >= 0.6 is 46.4 Å². The molecule has 0 radical (unpaired) electrons. The lowest BCUT2D eigenvalue weighted by Gasteiger charge is -2.10. The number of benzene rings is 3. The van der Waals surface area contributed by atoms with E-state index in [1.165, 1.54) is 18.5 Å². The number of ether oxygens (including phenoxy) is 3. The van der Waals surface area contributed by atoms with Gasteiger partial charge in [-0.25, -0.2) is 44.9 Å². The van der Waals surface area contributed by atoms with E-state index < -0.39 is 0 Å². The lowest BCUT2D eigenvalue weighted by molar-refractivity contribution is -0.120. The number of nitrogen functional groups attached to an aromatic ring is 2. The highest BCUT2D eigenvalue weighted by atomic mass is 35.5. The average molecular weight is 1190 g/mol. The van der Waals surface area contributed by atoms with Crippen molar-refractivity contribution in [2.45, 2.75) is 13.8 Å². The standard InChI is InChI=1S/C22H16ClN5O2.C15H11ClN4O.C11H9ClN2O.C7H7NO2.C4H3ClN2/c1-14-7-10-24-13-18(14)21(29)28-20-6-3-15(12-27-20)17-11-16(4-5-19(17)23)30-22-25-8-2-9-26-22;16-13-4-3-11(21-15-18-6-1-7-19-15)8-12(13)10-2-5-14(17)20-9-10;12-10-3-2-8(15)5-9(10)7-1-4-11(13)14-6-7;1-6-2-3-8-4-7(6)10-5-9;5-4-6-2-1-3-7-4/h2-13H,1H3,(H,27,28,29);1-9H,(H2,17,20);1-6,15H,(H2,13,14);2-5H,1H3;1-3H. The first kappa shape index (κ1) is 60.4. The number of aryl methyl sites for hydroxylation is 2. The molecule has 8 heterocycles. The predicted octanol–water partition coefficient (Wildman–Crippen LogP) is 13.3. The number of pyridine rings is 5. The van der Waals surface area contributed by atoms with Crippen LogP contribution in [0.15, 0.2) is 202 Å². The molecule has 24 heteroatoms. The summed E-state index contributed by atoms with van der Waals surface area (Å²) in [5.74, 6) is 2.89. The lowest BCUT2D eigenvalue weighted by Crippen LogP contribution is -2.14. The molecule has 11 rings (SSSR count). The summed E-state index contributed by atoms with van der Waals surface area (Å²) in [6, 6.07) is 35.2. The van der Waals surface area contributed by atoms with Crippen LogP contribution < -0.4 is 31.0 Å². The van der Waals surface area contributed by atoms with Gasteiger partial charge in [-0.15, -0.1) is 0 Å². The Morgan fingerprint density at radius 2 is 0.964 bits per heavy atom. The number of nitrogens with one attached hydrogen (secondary N) is 1. The molecule has 0 fully saturated rings. The quantitative estimate of drug-likeness (QED) is 0.0691. The Bertz CT molecular complexity index is 3850. The maximum absolute atomic E-state index is 12.4. The van der Waals surface area contributed by atoms with E-state index in [1.807, 2.05) is 38.1 Å². The number of phenolic OH excluding ortho intramolecular Hbond substituents is 1. The maximum atomic E-state index is 12.4. The van der Waals surface area contributed by atoms with Crippen molar-refractivity contribution in [3.05, 3.63) is 239 Å². The number of rotatable bonds is 11. The van der Waals surface area contributed by atoms with Gasteiger partial charge in [0.25, 0.3) is 12.4 Å². The van der Waals surface area contributed by atoms with Gasteiger partial charge in [-0.05, 0) is 158 Å². The highest BCUT2D eigenvalue weighted by Crippen LogP contribution is 2.35. The molecule has 0 aliphatic carbocycles. The number of nitrogens with zero attached hydrogens (tertiary/aromatic N) is 11. The van der Waals surface area contributed by atoms with E-state index in [0.717, 1.165) is 44.5 Å². The fourth-order valence-electron chi connectivity index (χ4n) is 6.75. The van der Waals surface area contributed by atoms with Gasteiger partial charge in [0, 0.05) is 123 Å². The van der Waals surface area contributed by atoms with Crippen LogP contribution in [0.3, 0.4) is 0 Å². The summed E-state index contributed by atoms with van der Waals surface area (Å²) in [5, 5.41) is 14.1. The molecule has 11 aromatic rings. The first-order valence-electron chi connectivity index (χ1n) is 24.3. The molecular weight excluding hydrogens is 1140 g/mol. The number of halogens is 4. The summed E-state index contributed by atoms with van der Waals surface area (Å²) in [7, 11) is 0. The molecule has 20 nitrogen and oxygen atoms in total. The van der Waals surface area contributed by atoms with Gasteiger partial charge in [-0.1, -0.05) is 34.8 Å².